The summed E-state index contributed by atoms with van der Waals surface area (Å²) in [4.78, 5) is 17.5. The summed E-state index contributed by atoms with van der Waals surface area (Å²) in [5.41, 5.74) is 0.695. The van der Waals surface area contributed by atoms with Gasteiger partial charge >= 0.3 is 0 Å². The van der Waals surface area contributed by atoms with Crippen molar-refractivity contribution in [2.45, 2.75) is 31.2 Å². The quantitative estimate of drug-likeness (QED) is 0.805. The Labute approximate surface area is 131 Å². The highest BCUT2D eigenvalue weighted by Crippen LogP contribution is 2.23. The third-order valence-electron chi connectivity index (χ3n) is 3.70. The van der Waals surface area contributed by atoms with Crippen molar-refractivity contribution in [3.05, 3.63) is 28.8 Å². The number of halogens is 1. The summed E-state index contributed by atoms with van der Waals surface area (Å²) in [6.45, 7) is 9.87. The Morgan fingerprint density at radius 1 is 1.20 bits per heavy atom. The van der Waals surface area contributed by atoms with Crippen LogP contribution in [-0.4, -0.2) is 47.4 Å². The number of thiol groups is 1. The standard InChI is InChI=1S/C15H21ClN2OS/c1-15(2,3)18-8-6-17(7-9-18)14(19)12-10-11(20)4-5-13(12)16/h4-5,10,20H,6-9H2,1-3H3. The van der Waals surface area contributed by atoms with Gasteiger partial charge in [-0.25, -0.2) is 0 Å². The van der Waals surface area contributed by atoms with Crippen LogP contribution >= 0.6 is 24.2 Å². The summed E-state index contributed by atoms with van der Waals surface area (Å²) in [7, 11) is 0. The molecule has 1 aromatic carbocycles. The second kappa shape index (κ2) is 5.96. The van der Waals surface area contributed by atoms with E-state index >= 15 is 0 Å². The average molecular weight is 313 g/mol. The fourth-order valence-corrected chi connectivity index (χ4v) is 2.83. The zero-order chi connectivity index (χ0) is 14.9. The summed E-state index contributed by atoms with van der Waals surface area (Å²) in [5.74, 6) is -0.000501. The lowest BCUT2D eigenvalue weighted by atomic mass is 10.0. The molecule has 1 aliphatic rings. The first kappa shape index (κ1) is 15.7. The normalized spacial score (nSPS) is 17.4. The SMILES string of the molecule is CC(C)(C)N1CCN(C(=O)c2cc(S)ccc2Cl)CC1. The second-order valence-electron chi connectivity index (χ2n) is 6.11. The van der Waals surface area contributed by atoms with Crippen molar-refractivity contribution in [3.8, 4) is 0 Å². The highest BCUT2D eigenvalue weighted by Gasteiger charge is 2.28. The van der Waals surface area contributed by atoms with Crippen LogP contribution < -0.4 is 0 Å². The molecule has 5 heteroatoms. The Kier molecular flexibility index (Phi) is 4.67. The summed E-state index contributed by atoms with van der Waals surface area (Å²) in [6.07, 6.45) is 0. The average Bonchev–Trinajstić information content (AvgIpc) is 2.40. The van der Waals surface area contributed by atoms with Crippen molar-refractivity contribution in [1.29, 1.82) is 0 Å². The predicted octanol–water partition coefficient (Wildman–Crippen LogP) is 3.19. The Morgan fingerprint density at radius 3 is 2.35 bits per heavy atom. The van der Waals surface area contributed by atoms with E-state index in [1.165, 1.54) is 0 Å². The van der Waals surface area contributed by atoms with Crippen LogP contribution in [0.5, 0.6) is 0 Å². The molecule has 0 saturated carbocycles. The van der Waals surface area contributed by atoms with Crippen LogP contribution in [-0.2, 0) is 0 Å². The first-order chi connectivity index (χ1) is 9.29. The largest absolute Gasteiger partial charge is 0.336 e. The van der Waals surface area contributed by atoms with Crippen LogP contribution in [0.3, 0.4) is 0 Å². The molecule has 1 aliphatic heterocycles. The van der Waals surface area contributed by atoms with Gasteiger partial charge < -0.3 is 4.90 Å². The van der Waals surface area contributed by atoms with E-state index in [1.54, 1.807) is 18.2 Å². The minimum Gasteiger partial charge on any atom is -0.336 e. The predicted molar refractivity (Wildman–Crippen MR) is 85.9 cm³/mol. The molecule has 0 N–H and O–H groups in total. The smallest absolute Gasteiger partial charge is 0.255 e. The topological polar surface area (TPSA) is 23.6 Å². The molecular weight excluding hydrogens is 292 g/mol. The number of hydrogen-bond acceptors (Lipinski definition) is 3. The van der Waals surface area contributed by atoms with Crippen LogP contribution in [0, 0.1) is 0 Å². The van der Waals surface area contributed by atoms with E-state index in [0.717, 1.165) is 31.1 Å². The first-order valence-corrected chi connectivity index (χ1v) is 7.64. The van der Waals surface area contributed by atoms with Crippen molar-refractivity contribution in [2.75, 3.05) is 26.2 Å². The van der Waals surface area contributed by atoms with Gasteiger partial charge in [0.15, 0.2) is 0 Å². The van der Waals surface area contributed by atoms with Crippen LogP contribution in [0.25, 0.3) is 0 Å². The minimum atomic E-state index is -0.000501. The van der Waals surface area contributed by atoms with Crippen molar-refractivity contribution >= 4 is 30.1 Å². The van der Waals surface area contributed by atoms with E-state index in [4.69, 9.17) is 11.6 Å². The number of nitrogens with zero attached hydrogens (tertiary/aromatic N) is 2. The van der Waals surface area contributed by atoms with Gasteiger partial charge in [-0.05, 0) is 39.0 Å². The van der Waals surface area contributed by atoms with Crippen LogP contribution in [0.15, 0.2) is 23.1 Å². The molecule has 0 spiro atoms. The maximum atomic E-state index is 12.5. The second-order valence-corrected chi connectivity index (χ2v) is 7.04. The van der Waals surface area contributed by atoms with E-state index in [9.17, 15) is 4.79 Å². The number of carbonyl (C=O) groups is 1. The molecule has 1 saturated heterocycles. The van der Waals surface area contributed by atoms with Gasteiger partial charge in [-0.3, -0.25) is 9.69 Å². The molecule has 2 rings (SSSR count). The number of carbonyl (C=O) groups excluding carboxylic acids is 1. The molecule has 0 unspecified atom stereocenters. The fraction of sp³-hybridized carbons (Fsp3) is 0.533. The molecule has 1 aromatic rings. The maximum Gasteiger partial charge on any atom is 0.255 e. The molecule has 3 nitrogen and oxygen atoms in total. The molecule has 1 amide bonds. The van der Waals surface area contributed by atoms with E-state index in [1.807, 2.05) is 4.90 Å². The van der Waals surface area contributed by atoms with Gasteiger partial charge in [0.1, 0.15) is 0 Å². The van der Waals surface area contributed by atoms with Gasteiger partial charge in [0, 0.05) is 36.6 Å². The van der Waals surface area contributed by atoms with Gasteiger partial charge in [-0.2, -0.15) is 0 Å². The maximum absolute atomic E-state index is 12.5. The highest BCUT2D eigenvalue weighted by molar-refractivity contribution is 7.80. The molecule has 0 aliphatic carbocycles. The Balaban J connectivity index is 2.07. The number of amides is 1. The zero-order valence-electron chi connectivity index (χ0n) is 12.2. The van der Waals surface area contributed by atoms with Crippen LogP contribution in [0.1, 0.15) is 31.1 Å². The van der Waals surface area contributed by atoms with Crippen molar-refractivity contribution in [3.63, 3.8) is 0 Å². The lowest BCUT2D eigenvalue weighted by molar-refractivity contribution is 0.0451. The number of rotatable bonds is 1. The molecule has 20 heavy (non-hydrogen) atoms. The van der Waals surface area contributed by atoms with Gasteiger partial charge in [0.05, 0.1) is 10.6 Å². The summed E-state index contributed by atoms with van der Waals surface area (Å²) < 4.78 is 0. The molecule has 1 heterocycles. The third-order valence-corrected chi connectivity index (χ3v) is 4.30. The highest BCUT2D eigenvalue weighted by atomic mass is 35.5. The van der Waals surface area contributed by atoms with E-state index in [2.05, 4.69) is 38.3 Å². The number of benzene rings is 1. The Hall–Kier alpha value is -0.710. The monoisotopic (exact) mass is 312 g/mol. The molecule has 110 valence electrons. The summed E-state index contributed by atoms with van der Waals surface area (Å²) in [5, 5.41) is 0.492. The molecular formula is C15H21ClN2OS. The fourth-order valence-electron chi connectivity index (χ4n) is 2.43. The van der Waals surface area contributed by atoms with Gasteiger partial charge in [-0.1, -0.05) is 11.6 Å². The van der Waals surface area contributed by atoms with E-state index in [-0.39, 0.29) is 11.4 Å². The lowest BCUT2D eigenvalue weighted by Crippen LogP contribution is -2.54. The lowest BCUT2D eigenvalue weighted by Gasteiger charge is -2.42. The van der Waals surface area contributed by atoms with Crippen molar-refractivity contribution in [2.24, 2.45) is 0 Å². The Morgan fingerprint density at radius 2 is 1.80 bits per heavy atom. The van der Waals surface area contributed by atoms with Crippen LogP contribution in [0.4, 0.5) is 0 Å². The van der Waals surface area contributed by atoms with Crippen molar-refractivity contribution < 1.29 is 4.79 Å². The zero-order valence-corrected chi connectivity index (χ0v) is 13.8. The van der Waals surface area contributed by atoms with Gasteiger partial charge in [0.25, 0.3) is 5.91 Å². The first-order valence-electron chi connectivity index (χ1n) is 6.82. The molecule has 0 atom stereocenters. The van der Waals surface area contributed by atoms with Gasteiger partial charge in [0.2, 0.25) is 0 Å². The van der Waals surface area contributed by atoms with Crippen molar-refractivity contribution in [1.82, 2.24) is 9.80 Å². The molecule has 0 radical (unpaired) electrons. The van der Waals surface area contributed by atoms with Crippen LogP contribution in [0.2, 0.25) is 5.02 Å². The molecule has 0 bridgehead atoms. The number of hydrogen-bond donors (Lipinski definition) is 1. The summed E-state index contributed by atoms with van der Waals surface area (Å²) in [6, 6.07) is 5.26. The number of piperazine rings is 1. The molecule has 0 aromatic heterocycles. The minimum absolute atomic E-state index is 0.000501. The van der Waals surface area contributed by atoms with Gasteiger partial charge in [-0.15, -0.1) is 12.6 Å². The Bertz CT molecular complexity index is 505. The van der Waals surface area contributed by atoms with E-state index in [0.29, 0.717) is 10.6 Å². The third kappa shape index (κ3) is 3.48. The molecule has 1 fully saturated rings. The van der Waals surface area contributed by atoms with E-state index < -0.39 is 0 Å². The summed E-state index contributed by atoms with van der Waals surface area (Å²) >= 11 is 10.4.